The van der Waals surface area contributed by atoms with Crippen LogP contribution in [0.3, 0.4) is 0 Å². The summed E-state index contributed by atoms with van der Waals surface area (Å²) in [4.78, 5) is 0. The summed E-state index contributed by atoms with van der Waals surface area (Å²) in [7, 11) is 0. The van der Waals surface area contributed by atoms with Gasteiger partial charge in [-0.3, -0.25) is 0 Å². The second kappa shape index (κ2) is 14.6. The Balaban J connectivity index is 1.07. The summed E-state index contributed by atoms with van der Waals surface area (Å²) in [5.41, 5.74) is 24.3. The lowest BCUT2D eigenvalue weighted by molar-refractivity contribution is 1.18. The van der Waals surface area contributed by atoms with Gasteiger partial charge in [0.05, 0.1) is 11.0 Å². The van der Waals surface area contributed by atoms with Crippen molar-refractivity contribution in [2.75, 3.05) is 11.1 Å². The van der Waals surface area contributed by atoms with Crippen LogP contribution >= 0.6 is 0 Å². The van der Waals surface area contributed by atoms with E-state index in [9.17, 15) is 0 Å². The van der Waals surface area contributed by atoms with Crippen LogP contribution in [0.4, 0.5) is 17.1 Å². The molecule has 0 radical (unpaired) electrons. The fraction of sp³-hybridized carbons (Fsp3) is 0. The molecule has 0 bridgehead atoms. The van der Waals surface area contributed by atoms with Crippen LogP contribution in [0.25, 0.3) is 83.1 Å². The molecule has 1 heterocycles. The van der Waals surface area contributed by atoms with Crippen molar-refractivity contribution >= 4 is 38.9 Å². The molecule has 0 aliphatic rings. The first-order valence-electron chi connectivity index (χ1n) is 19.4. The topological polar surface area (TPSA) is 43.0 Å². The molecule has 3 heteroatoms. The van der Waals surface area contributed by atoms with Crippen molar-refractivity contribution in [3.05, 3.63) is 218 Å². The summed E-state index contributed by atoms with van der Waals surface area (Å²) in [6.07, 6.45) is 0. The largest absolute Gasteiger partial charge is 0.398 e. The predicted molar refractivity (Wildman–Crippen MR) is 242 cm³/mol. The summed E-state index contributed by atoms with van der Waals surface area (Å²) in [6, 6.07) is 77.6. The van der Waals surface area contributed by atoms with Crippen LogP contribution in [0.2, 0.25) is 0 Å². The van der Waals surface area contributed by atoms with Crippen molar-refractivity contribution in [3.8, 4) is 61.3 Å². The Labute approximate surface area is 333 Å². The molecule has 10 aromatic rings. The summed E-state index contributed by atoms with van der Waals surface area (Å²) >= 11 is 0. The summed E-state index contributed by atoms with van der Waals surface area (Å²) < 4.78 is 2.38. The molecule has 9 aromatic carbocycles. The molecule has 1 aromatic heterocycles. The van der Waals surface area contributed by atoms with E-state index in [0.29, 0.717) is 0 Å². The van der Waals surface area contributed by atoms with E-state index in [1.165, 1.54) is 44.1 Å². The number of para-hydroxylation sites is 1. The number of hydrogen-bond acceptors (Lipinski definition) is 2. The quantitative estimate of drug-likeness (QED) is 0.153. The van der Waals surface area contributed by atoms with Gasteiger partial charge in [-0.25, -0.2) is 0 Å². The average Bonchev–Trinajstić information content (AvgIpc) is 3.62. The van der Waals surface area contributed by atoms with Gasteiger partial charge in [0.2, 0.25) is 0 Å². The molecule has 0 amide bonds. The second-order valence-corrected chi connectivity index (χ2v) is 14.5. The van der Waals surface area contributed by atoms with E-state index in [4.69, 9.17) is 5.73 Å². The molecular formula is C54H39N3. The van der Waals surface area contributed by atoms with Crippen LogP contribution in [0, 0.1) is 0 Å². The summed E-state index contributed by atoms with van der Waals surface area (Å²) in [5, 5.41) is 6.20. The van der Waals surface area contributed by atoms with E-state index in [1.807, 2.05) is 18.2 Å². The van der Waals surface area contributed by atoms with E-state index in [2.05, 4.69) is 210 Å². The highest BCUT2D eigenvalue weighted by Crippen LogP contribution is 2.40. The number of aromatic nitrogens is 1. The maximum absolute atomic E-state index is 6.60. The van der Waals surface area contributed by atoms with Crippen molar-refractivity contribution in [2.45, 2.75) is 0 Å². The molecular weight excluding hydrogens is 691 g/mol. The number of nitrogens with zero attached hydrogens (tertiary/aromatic N) is 1. The third-order valence-electron chi connectivity index (χ3n) is 11.0. The number of hydrogen-bond donors (Lipinski definition) is 2. The standard InChI is InChI=1S/C54H39N3/c55-51-31-24-44(36-48(51)41-16-8-3-9-17-41)49-34-42(25-32-52(49)56-45-27-20-39(21-28-45)37-12-4-1-5-13-37)43-26-33-54-50(35-43)47-18-10-11-19-53(47)57(54)46-29-22-40(23-30-46)38-14-6-2-7-15-38/h1-36,56H,55H2. The molecule has 0 aliphatic carbocycles. The number of rotatable bonds is 8. The average molecular weight is 730 g/mol. The van der Waals surface area contributed by atoms with Crippen LogP contribution in [0.1, 0.15) is 0 Å². The predicted octanol–water partition coefficient (Wildman–Crippen LogP) is 14.4. The highest BCUT2D eigenvalue weighted by atomic mass is 15.0. The van der Waals surface area contributed by atoms with Crippen LogP contribution in [0.15, 0.2) is 218 Å². The Bertz CT molecular complexity index is 3000. The number of nitrogens with two attached hydrogens (primary N) is 1. The summed E-state index contributed by atoms with van der Waals surface area (Å²) in [6.45, 7) is 0. The zero-order valence-corrected chi connectivity index (χ0v) is 31.3. The van der Waals surface area contributed by atoms with Gasteiger partial charge in [-0.15, -0.1) is 0 Å². The lowest BCUT2D eigenvalue weighted by atomic mass is 9.93. The van der Waals surface area contributed by atoms with Crippen molar-refractivity contribution in [2.24, 2.45) is 0 Å². The van der Waals surface area contributed by atoms with Crippen molar-refractivity contribution in [1.29, 1.82) is 0 Å². The first-order valence-corrected chi connectivity index (χ1v) is 19.4. The normalized spacial score (nSPS) is 11.2. The molecule has 57 heavy (non-hydrogen) atoms. The fourth-order valence-corrected chi connectivity index (χ4v) is 8.06. The third-order valence-corrected chi connectivity index (χ3v) is 11.0. The fourth-order valence-electron chi connectivity index (χ4n) is 8.06. The van der Waals surface area contributed by atoms with Crippen LogP contribution in [0.5, 0.6) is 0 Å². The zero-order chi connectivity index (χ0) is 38.1. The van der Waals surface area contributed by atoms with Gasteiger partial charge in [-0.05, 0) is 111 Å². The van der Waals surface area contributed by atoms with Gasteiger partial charge >= 0.3 is 0 Å². The third kappa shape index (κ3) is 6.52. The Morgan fingerprint density at radius 2 is 0.825 bits per heavy atom. The van der Waals surface area contributed by atoms with Crippen molar-refractivity contribution < 1.29 is 0 Å². The molecule has 0 atom stereocenters. The second-order valence-electron chi connectivity index (χ2n) is 14.5. The first kappa shape index (κ1) is 33.9. The van der Waals surface area contributed by atoms with E-state index < -0.39 is 0 Å². The molecule has 0 fully saturated rings. The molecule has 0 unspecified atom stereocenters. The SMILES string of the molecule is Nc1ccc(-c2cc(-c3ccc4c(c3)c3ccccc3n4-c3ccc(-c4ccccc4)cc3)ccc2Nc2ccc(-c3ccccc3)cc2)cc1-c1ccccc1. The smallest absolute Gasteiger partial charge is 0.0541 e. The molecule has 3 nitrogen and oxygen atoms in total. The van der Waals surface area contributed by atoms with E-state index in [0.717, 1.165) is 56.1 Å². The molecule has 10 rings (SSSR count). The number of fused-ring (bicyclic) bond motifs is 3. The maximum atomic E-state index is 6.60. The lowest BCUT2D eigenvalue weighted by Crippen LogP contribution is -1.96. The van der Waals surface area contributed by atoms with Crippen LogP contribution in [-0.4, -0.2) is 4.57 Å². The van der Waals surface area contributed by atoms with Gasteiger partial charge in [0.25, 0.3) is 0 Å². The Hall–Kier alpha value is -7.62. The minimum Gasteiger partial charge on any atom is -0.398 e. The number of nitrogens with one attached hydrogen (secondary N) is 1. The summed E-state index contributed by atoms with van der Waals surface area (Å²) in [5.74, 6) is 0. The molecule has 0 aliphatic heterocycles. The van der Waals surface area contributed by atoms with Gasteiger partial charge < -0.3 is 15.6 Å². The monoisotopic (exact) mass is 729 g/mol. The minimum atomic E-state index is 0.753. The molecule has 0 saturated heterocycles. The molecule has 0 saturated carbocycles. The lowest BCUT2D eigenvalue weighted by Gasteiger charge is -2.17. The highest BCUT2D eigenvalue weighted by Gasteiger charge is 2.16. The van der Waals surface area contributed by atoms with Gasteiger partial charge in [-0.2, -0.15) is 0 Å². The van der Waals surface area contributed by atoms with E-state index in [1.54, 1.807) is 0 Å². The maximum Gasteiger partial charge on any atom is 0.0541 e. The molecule has 270 valence electrons. The number of nitrogen functional groups attached to an aromatic ring is 1. The van der Waals surface area contributed by atoms with Gasteiger partial charge in [-0.1, -0.05) is 152 Å². The first-order chi connectivity index (χ1) is 28.2. The molecule has 3 N–H and O–H groups in total. The van der Waals surface area contributed by atoms with E-state index in [-0.39, 0.29) is 0 Å². The van der Waals surface area contributed by atoms with Crippen LogP contribution in [-0.2, 0) is 0 Å². The molecule has 0 spiro atoms. The minimum absolute atomic E-state index is 0.753. The Morgan fingerprint density at radius 3 is 1.51 bits per heavy atom. The van der Waals surface area contributed by atoms with Crippen molar-refractivity contribution in [1.82, 2.24) is 4.57 Å². The van der Waals surface area contributed by atoms with Gasteiger partial charge in [0.15, 0.2) is 0 Å². The number of benzene rings is 9. The Morgan fingerprint density at radius 1 is 0.333 bits per heavy atom. The van der Waals surface area contributed by atoms with Gasteiger partial charge in [0, 0.05) is 44.6 Å². The number of anilines is 3. The van der Waals surface area contributed by atoms with Crippen molar-refractivity contribution in [3.63, 3.8) is 0 Å². The zero-order valence-electron chi connectivity index (χ0n) is 31.3. The van der Waals surface area contributed by atoms with E-state index >= 15 is 0 Å². The van der Waals surface area contributed by atoms with Crippen LogP contribution < -0.4 is 11.1 Å². The van der Waals surface area contributed by atoms with Gasteiger partial charge in [0.1, 0.15) is 0 Å². The highest BCUT2D eigenvalue weighted by molar-refractivity contribution is 6.10. The Kier molecular flexibility index (Phi) is 8.66.